The van der Waals surface area contributed by atoms with Crippen LogP contribution in [0.15, 0.2) is 24.3 Å². The Morgan fingerprint density at radius 3 is 2.81 bits per heavy atom. The van der Waals surface area contributed by atoms with Crippen LogP contribution in [-0.2, 0) is 0 Å². The molecule has 1 N–H and O–H groups in total. The Morgan fingerprint density at radius 2 is 2.12 bits per heavy atom. The van der Waals surface area contributed by atoms with Crippen LogP contribution in [0.25, 0.3) is 0 Å². The van der Waals surface area contributed by atoms with E-state index in [0.717, 1.165) is 37.3 Å². The standard InChI is InChI=1S/C13H18N2O/c1-11-3-2-4-12(9-11)13(16)10-15-7-5-14-6-8-15/h2-4,9,14H,5-8,10H2,1H3. The maximum absolute atomic E-state index is 12.0. The van der Waals surface area contributed by atoms with Crippen LogP contribution in [0.3, 0.4) is 0 Å². The third kappa shape index (κ3) is 2.90. The average Bonchev–Trinajstić information content (AvgIpc) is 2.30. The van der Waals surface area contributed by atoms with Gasteiger partial charge in [-0.15, -0.1) is 0 Å². The summed E-state index contributed by atoms with van der Waals surface area (Å²) in [6.45, 7) is 6.48. The number of benzene rings is 1. The molecular formula is C13H18N2O. The van der Waals surface area contributed by atoms with E-state index in [9.17, 15) is 4.79 Å². The summed E-state index contributed by atoms with van der Waals surface area (Å²) in [6.07, 6.45) is 0. The molecule has 0 saturated carbocycles. The minimum atomic E-state index is 0.227. The number of carbonyl (C=O) groups is 1. The number of nitrogens with one attached hydrogen (secondary N) is 1. The van der Waals surface area contributed by atoms with Crippen LogP contribution >= 0.6 is 0 Å². The highest BCUT2D eigenvalue weighted by Crippen LogP contribution is 2.06. The van der Waals surface area contributed by atoms with E-state index in [4.69, 9.17) is 0 Å². The van der Waals surface area contributed by atoms with Crippen molar-refractivity contribution >= 4 is 5.78 Å². The summed E-state index contributed by atoms with van der Waals surface area (Å²) in [5.41, 5.74) is 1.98. The normalized spacial score (nSPS) is 17.3. The molecule has 0 amide bonds. The topological polar surface area (TPSA) is 32.3 Å². The van der Waals surface area contributed by atoms with Crippen molar-refractivity contribution in [2.24, 2.45) is 0 Å². The van der Waals surface area contributed by atoms with Crippen LogP contribution < -0.4 is 5.32 Å². The van der Waals surface area contributed by atoms with Gasteiger partial charge in [-0.1, -0.05) is 23.8 Å². The number of rotatable bonds is 3. The fourth-order valence-electron chi connectivity index (χ4n) is 1.98. The van der Waals surface area contributed by atoms with E-state index in [1.165, 1.54) is 0 Å². The predicted molar refractivity (Wildman–Crippen MR) is 64.8 cm³/mol. The van der Waals surface area contributed by atoms with Gasteiger partial charge in [-0.3, -0.25) is 9.69 Å². The predicted octanol–water partition coefficient (Wildman–Crippen LogP) is 1.08. The Labute approximate surface area is 96.5 Å². The third-order valence-electron chi connectivity index (χ3n) is 2.92. The van der Waals surface area contributed by atoms with Crippen molar-refractivity contribution < 1.29 is 4.79 Å². The molecule has 1 fully saturated rings. The molecule has 0 spiro atoms. The Morgan fingerprint density at radius 1 is 1.38 bits per heavy atom. The number of aryl methyl sites for hydroxylation is 1. The van der Waals surface area contributed by atoms with E-state index in [0.29, 0.717) is 6.54 Å². The van der Waals surface area contributed by atoms with Gasteiger partial charge in [0.25, 0.3) is 0 Å². The molecule has 16 heavy (non-hydrogen) atoms. The SMILES string of the molecule is Cc1cccc(C(=O)CN2CCNCC2)c1. The van der Waals surface area contributed by atoms with E-state index in [1.807, 2.05) is 31.2 Å². The molecule has 1 aromatic rings. The van der Waals surface area contributed by atoms with Crippen LogP contribution in [0.2, 0.25) is 0 Å². The number of carbonyl (C=O) groups excluding carboxylic acids is 1. The smallest absolute Gasteiger partial charge is 0.176 e. The van der Waals surface area contributed by atoms with Gasteiger partial charge in [-0.05, 0) is 13.0 Å². The number of ketones is 1. The zero-order chi connectivity index (χ0) is 11.4. The van der Waals surface area contributed by atoms with Gasteiger partial charge in [-0.25, -0.2) is 0 Å². The first kappa shape index (κ1) is 11.3. The highest BCUT2D eigenvalue weighted by Gasteiger charge is 2.14. The zero-order valence-electron chi connectivity index (χ0n) is 9.70. The van der Waals surface area contributed by atoms with Crippen molar-refractivity contribution in [3.8, 4) is 0 Å². The molecule has 1 saturated heterocycles. The molecule has 0 radical (unpaired) electrons. The number of hydrogen-bond acceptors (Lipinski definition) is 3. The molecule has 0 aromatic heterocycles. The summed E-state index contributed by atoms with van der Waals surface area (Å²) in [5.74, 6) is 0.227. The molecule has 3 nitrogen and oxygen atoms in total. The zero-order valence-corrected chi connectivity index (χ0v) is 9.70. The molecule has 1 aliphatic heterocycles. The quantitative estimate of drug-likeness (QED) is 0.771. The Hall–Kier alpha value is -1.19. The van der Waals surface area contributed by atoms with Gasteiger partial charge in [-0.2, -0.15) is 0 Å². The molecular weight excluding hydrogens is 200 g/mol. The lowest BCUT2D eigenvalue weighted by atomic mass is 10.1. The summed E-state index contributed by atoms with van der Waals surface area (Å²) in [7, 11) is 0. The first-order valence-corrected chi connectivity index (χ1v) is 5.78. The summed E-state index contributed by atoms with van der Waals surface area (Å²) in [6, 6.07) is 7.82. The minimum absolute atomic E-state index is 0.227. The monoisotopic (exact) mass is 218 g/mol. The van der Waals surface area contributed by atoms with Crippen molar-refractivity contribution in [3.05, 3.63) is 35.4 Å². The first-order valence-electron chi connectivity index (χ1n) is 5.78. The van der Waals surface area contributed by atoms with Crippen LogP contribution in [0.1, 0.15) is 15.9 Å². The van der Waals surface area contributed by atoms with Crippen LogP contribution in [-0.4, -0.2) is 43.4 Å². The number of Topliss-reactive ketones (excluding diaryl/α,β-unsaturated/α-hetero) is 1. The number of piperazine rings is 1. The maximum atomic E-state index is 12.0. The molecule has 1 aliphatic rings. The van der Waals surface area contributed by atoms with Gasteiger partial charge >= 0.3 is 0 Å². The molecule has 86 valence electrons. The van der Waals surface area contributed by atoms with Gasteiger partial charge in [0.15, 0.2) is 5.78 Å². The summed E-state index contributed by atoms with van der Waals surface area (Å²) < 4.78 is 0. The van der Waals surface area contributed by atoms with Crippen LogP contribution in [0.5, 0.6) is 0 Å². The van der Waals surface area contributed by atoms with Crippen molar-refractivity contribution in [2.45, 2.75) is 6.92 Å². The molecule has 1 aromatic carbocycles. The molecule has 0 bridgehead atoms. The largest absolute Gasteiger partial charge is 0.314 e. The lowest BCUT2D eigenvalue weighted by Crippen LogP contribution is -2.45. The Kier molecular flexibility index (Phi) is 3.70. The molecule has 0 atom stereocenters. The molecule has 0 aliphatic carbocycles. The fraction of sp³-hybridized carbons (Fsp3) is 0.462. The average molecular weight is 218 g/mol. The van der Waals surface area contributed by atoms with Gasteiger partial charge in [0.05, 0.1) is 6.54 Å². The number of hydrogen-bond donors (Lipinski definition) is 1. The Balaban J connectivity index is 1.97. The van der Waals surface area contributed by atoms with E-state index < -0.39 is 0 Å². The van der Waals surface area contributed by atoms with Gasteiger partial charge in [0.1, 0.15) is 0 Å². The van der Waals surface area contributed by atoms with Crippen molar-refractivity contribution in [1.82, 2.24) is 10.2 Å². The second kappa shape index (κ2) is 5.23. The molecule has 0 unspecified atom stereocenters. The highest BCUT2D eigenvalue weighted by atomic mass is 16.1. The van der Waals surface area contributed by atoms with Crippen LogP contribution in [0.4, 0.5) is 0 Å². The van der Waals surface area contributed by atoms with Crippen molar-refractivity contribution in [1.29, 1.82) is 0 Å². The van der Waals surface area contributed by atoms with E-state index >= 15 is 0 Å². The molecule has 2 rings (SSSR count). The minimum Gasteiger partial charge on any atom is -0.314 e. The fourth-order valence-corrected chi connectivity index (χ4v) is 1.98. The van der Waals surface area contributed by atoms with Crippen LogP contribution in [0, 0.1) is 6.92 Å². The lowest BCUT2D eigenvalue weighted by molar-refractivity contribution is 0.0921. The summed E-state index contributed by atoms with van der Waals surface area (Å²) in [4.78, 5) is 14.2. The summed E-state index contributed by atoms with van der Waals surface area (Å²) in [5, 5.41) is 3.28. The van der Waals surface area contributed by atoms with Gasteiger partial charge in [0, 0.05) is 31.7 Å². The van der Waals surface area contributed by atoms with E-state index in [1.54, 1.807) is 0 Å². The number of nitrogens with zero attached hydrogens (tertiary/aromatic N) is 1. The second-order valence-electron chi connectivity index (χ2n) is 4.32. The van der Waals surface area contributed by atoms with E-state index in [2.05, 4.69) is 10.2 Å². The molecule has 1 heterocycles. The van der Waals surface area contributed by atoms with Crippen molar-refractivity contribution in [2.75, 3.05) is 32.7 Å². The van der Waals surface area contributed by atoms with Crippen molar-refractivity contribution in [3.63, 3.8) is 0 Å². The van der Waals surface area contributed by atoms with E-state index in [-0.39, 0.29) is 5.78 Å². The highest BCUT2D eigenvalue weighted by molar-refractivity contribution is 5.97. The lowest BCUT2D eigenvalue weighted by Gasteiger charge is -2.26. The van der Waals surface area contributed by atoms with Gasteiger partial charge < -0.3 is 5.32 Å². The third-order valence-corrected chi connectivity index (χ3v) is 2.92. The first-order chi connectivity index (χ1) is 7.75. The Bertz CT molecular complexity index is 370. The molecule has 3 heteroatoms. The van der Waals surface area contributed by atoms with Gasteiger partial charge in [0.2, 0.25) is 0 Å². The second-order valence-corrected chi connectivity index (χ2v) is 4.32. The maximum Gasteiger partial charge on any atom is 0.176 e. The summed E-state index contributed by atoms with van der Waals surface area (Å²) >= 11 is 0.